The molecule has 3 aliphatic rings. The lowest BCUT2D eigenvalue weighted by Gasteiger charge is -2.26. The third-order valence-corrected chi connectivity index (χ3v) is 6.07. The molecule has 0 aromatic carbocycles. The fourth-order valence-corrected chi connectivity index (χ4v) is 4.50. The van der Waals surface area contributed by atoms with Gasteiger partial charge in [-0.25, -0.2) is 0 Å². The Balaban J connectivity index is 1.34. The molecule has 0 bridgehead atoms. The first-order valence-corrected chi connectivity index (χ1v) is 10.8. The molecular weight excluding hydrogens is 340 g/mol. The van der Waals surface area contributed by atoms with Crippen LogP contribution in [0.5, 0.6) is 0 Å². The maximum absolute atomic E-state index is 5.88. The van der Waals surface area contributed by atoms with Gasteiger partial charge in [0.1, 0.15) is 5.76 Å². The molecule has 1 aromatic rings. The van der Waals surface area contributed by atoms with Crippen molar-refractivity contribution in [3.05, 3.63) is 24.2 Å². The van der Waals surface area contributed by atoms with Gasteiger partial charge in [0.05, 0.1) is 18.9 Å². The number of furan rings is 1. The number of hydrogen-bond donors (Lipinski definition) is 1. The summed E-state index contributed by atoms with van der Waals surface area (Å²) in [4.78, 5) is 10.1. The second-order valence-electron chi connectivity index (χ2n) is 8.04. The highest BCUT2D eigenvalue weighted by Gasteiger charge is 2.30. The van der Waals surface area contributed by atoms with Gasteiger partial charge in [-0.1, -0.05) is 0 Å². The lowest BCUT2D eigenvalue weighted by molar-refractivity contribution is 0.0223. The van der Waals surface area contributed by atoms with E-state index >= 15 is 0 Å². The minimum atomic E-state index is 0.289. The van der Waals surface area contributed by atoms with E-state index < -0.39 is 0 Å². The molecule has 2 unspecified atom stereocenters. The summed E-state index contributed by atoms with van der Waals surface area (Å²) < 4.78 is 11.3. The summed E-state index contributed by atoms with van der Waals surface area (Å²) in [6, 6.07) is 4.68. The van der Waals surface area contributed by atoms with E-state index in [0.717, 1.165) is 57.3 Å². The van der Waals surface area contributed by atoms with E-state index in [0.29, 0.717) is 6.04 Å². The highest BCUT2D eigenvalue weighted by molar-refractivity contribution is 5.80. The van der Waals surface area contributed by atoms with Crippen LogP contribution in [0.1, 0.15) is 44.3 Å². The van der Waals surface area contributed by atoms with Crippen LogP contribution >= 0.6 is 0 Å². The largest absolute Gasteiger partial charge is 0.469 e. The molecule has 1 N–H and O–H groups in total. The van der Waals surface area contributed by atoms with Crippen LogP contribution in [0.4, 0.5) is 0 Å². The summed E-state index contributed by atoms with van der Waals surface area (Å²) in [5.74, 6) is 2.08. The molecule has 3 fully saturated rings. The average Bonchev–Trinajstić information content (AvgIpc) is 3.47. The summed E-state index contributed by atoms with van der Waals surface area (Å²) in [7, 11) is 0. The van der Waals surface area contributed by atoms with Gasteiger partial charge in [0.15, 0.2) is 5.96 Å². The maximum Gasteiger partial charge on any atom is 0.194 e. The van der Waals surface area contributed by atoms with Crippen LogP contribution in [-0.2, 0) is 11.2 Å². The molecule has 0 radical (unpaired) electrons. The Labute approximate surface area is 162 Å². The predicted octanol–water partition coefficient (Wildman–Crippen LogP) is 2.51. The number of rotatable bonds is 6. The Hall–Kier alpha value is -1.53. The lowest BCUT2D eigenvalue weighted by Crippen LogP contribution is -2.43. The van der Waals surface area contributed by atoms with Gasteiger partial charge in [-0.3, -0.25) is 9.89 Å². The van der Waals surface area contributed by atoms with E-state index in [4.69, 9.17) is 14.1 Å². The van der Waals surface area contributed by atoms with E-state index in [2.05, 4.69) is 15.1 Å². The second-order valence-corrected chi connectivity index (χ2v) is 8.04. The molecule has 6 nitrogen and oxygen atoms in total. The highest BCUT2D eigenvalue weighted by atomic mass is 16.5. The van der Waals surface area contributed by atoms with Crippen molar-refractivity contribution in [2.45, 2.75) is 57.1 Å². The molecule has 4 rings (SSSR count). The smallest absolute Gasteiger partial charge is 0.194 e. The van der Waals surface area contributed by atoms with Gasteiger partial charge < -0.3 is 19.4 Å². The summed E-state index contributed by atoms with van der Waals surface area (Å²) in [5, 5.41) is 3.59. The Bertz CT molecular complexity index is 577. The number of guanidine groups is 1. The normalized spacial score (nSPS) is 27.4. The predicted molar refractivity (Wildman–Crippen MR) is 107 cm³/mol. The summed E-state index contributed by atoms with van der Waals surface area (Å²) >= 11 is 0. The van der Waals surface area contributed by atoms with Crippen molar-refractivity contribution in [3.63, 3.8) is 0 Å². The molecule has 0 aliphatic carbocycles. The number of nitrogens with zero attached hydrogens (tertiary/aromatic N) is 3. The van der Waals surface area contributed by atoms with Crippen molar-refractivity contribution in [1.82, 2.24) is 15.1 Å². The van der Waals surface area contributed by atoms with Gasteiger partial charge in [-0.15, -0.1) is 0 Å². The highest BCUT2D eigenvalue weighted by Crippen LogP contribution is 2.21. The third kappa shape index (κ3) is 5.26. The van der Waals surface area contributed by atoms with Gasteiger partial charge >= 0.3 is 0 Å². The molecule has 0 amide bonds. The second kappa shape index (κ2) is 9.60. The quantitative estimate of drug-likeness (QED) is 0.612. The molecule has 3 saturated heterocycles. The Kier molecular flexibility index (Phi) is 6.69. The fraction of sp³-hybridized carbons (Fsp3) is 0.762. The van der Waals surface area contributed by atoms with E-state index in [-0.39, 0.29) is 6.10 Å². The monoisotopic (exact) mass is 374 g/mol. The topological polar surface area (TPSA) is 53.2 Å². The van der Waals surface area contributed by atoms with Crippen LogP contribution in [0.2, 0.25) is 0 Å². The maximum atomic E-state index is 5.88. The van der Waals surface area contributed by atoms with E-state index in [1.807, 2.05) is 12.1 Å². The molecule has 6 heteroatoms. The van der Waals surface area contributed by atoms with Crippen LogP contribution in [0.3, 0.4) is 0 Å². The Morgan fingerprint density at radius 1 is 1.15 bits per heavy atom. The first kappa shape index (κ1) is 18.8. The molecule has 1 aromatic heterocycles. The van der Waals surface area contributed by atoms with Crippen LogP contribution in [0.15, 0.2) is 27.8 Å². The molecule has 3 aliphatic heterocycles. The van der Waals surface area contributed by atoms with E-state index in [1.54, 1.807) is 6.26 Å². The first-order chi connectivity index (χ1) is 13.4. The van der Waals surface area contributed by atoms with Crippen LogP contribution in [-0.4, -0.2) is 73.8 Å². The Morgan fingerprint density at radius 3 is 2.85 bits per heavy atom. The van der Waals surface area contributed by atoms with Crippen molar-refractivity contribution in [3.8, 4) is 0 Å². The van der Waals surface area contributed by atoms with Gasteiger partial charge in [0.2, 0.25) is 0 Å². The van der Waals surface area contributed by atoms with Crippen LogP contribution < -0.4 is 5.32 Å². The van der Waals surface area contributed by atoms with Gasteiger partial charge in [-0.2, -0.15) is 0 Å². The molecule has 0 saturated carbocycles. The lowest BCUT2D eigenvalue weighted by atomic mass is 10.1. The summed E-state index contributed by atoms with van der Waals surface area (Å²) in [6.07, 6.45) is 10.5. The third-order valence-electron chi connectivity index (χ3n) is 6.07. The van der Waals surface area contributed by atoms with Gasteiger partial charge in [0.25, 0.3) is 0 Å². The van der Waals surface area contributed by atoms with Crippen molar-refractivity contribution in [2.75, 3.05) is 45.9 Å². The number of likely N-dealkylation sites (tertiary alicyclic amines) is 2. The number of nitrogens with one attached hydrogen (secondary N) is 1. The van der Waals surface area contributed by atoms with Crippen molar-refractivity contribution < 1.29 is 9.15 Å². The first-order valence-electron chi connectivity index (χ1n) is 10.8. The molecule has 4 heterocycles. The average molecular weight is 375 g/mol. The fourth-order valence-electron chi connectivity index (χ4n) is 4.50. The van der Waals surface area contributed by atoms with Crippen LogP contribution in [0.25, 0.3) is 0 Å². The zero-order valence-electron chi connectivity index (χ0n) is 16.4. The van der Waals surface area contributed by atoms with Crippen molar-refractivity contribution in [1.29, 1.82) is 0 Å². The molecule has 150 valence electrons. The molecule has 27 heavy (non-hydrogen) atoms. The molecular formula is C21H34N4O2. The van der Waals surface area contributed by atoms with Crippen molar-refractivity contribution in [2.24, 2.45) is 4.99 Å². The molecule has 0 spiro atoms. The van der Waals surface area contributed by atoms with E-state index in [1.165, 1.54) is 45.2 Å². The number of hydrogen-bond acceptors (Lipinski definition) is 4. The minimum Gasteiger partial charge on any atom is -0.469 e. The summed E-state index contributed by atoms with van der Waals surface area (Å²) in [6.45, 7) is 7.25. The zero-order valence-corrected chi connectivity index (χ0v) is 16.4. The minimum absolute atomic E-state index is 0.289. The Morgan fingerprint density at radius 2 is 2.07 bits per heavy atom. The summed E-state index contributed by atoms with van der Waals surface area (Å²) in [5.41, 5.74) is 0. The van der Waals surface area contributed by atoms with E-state index in [9.17, 15) is 0 Å². The zero-order chi connectivity index (χ0) is 18.3. The van der Waals surface area contributed by atoms with Gasteiger partial charge in [0, 0.05) is 38.7 Å². The van der Waals surface area contributed by atoms with Crippen molar-refractivity contribution >= 4 is 5.96 Å². The molecule has 2 atom stereocenters. The van der Waals surface area contributed by atoms with Gasteiger partial charge in [-0.05, 0) is 63.7 Å². The number of ether oxygens (including phenoxy) is 1. The standard InChI is InChI=1S/C21H34N4O2/c1-4-14-27-20(6-1)16-23-21(22-10-8-19-7-5-15-26-19)25-13-9-18(17-25)24-11-2-3-12-24/h5,7,15,18,20H,1-4,6,8-14,16-17H2,(H,22,23). The number of aliphatic imine (C=N–C) groups is 1. The van der Waals surface area contributed by atoms with Crippen LogP contribution in [0, 0.1) is 0 Å². The SMILES string of the molecule is c1coc(CCNC(=NCC2CCCCO2)N2CCC(N3CCCC3)C2)c1.